The third kappa shape index (κ3) is 2.94. The zero-order valence-electron chi connectivity index (χ0n) is 11.0. The molecule has 0 atom stereocenters. The van der Waals surface area contributed by atoms with Gasteiger partial charge in [0.1, 0.15) is 5.75 Å². The molecule has 0 radical (unpaired) electrons. The Morgan fingerprint density at radius 2 is 1.94 bits per heavy atom. The summed E-state index contributed by atoms with van der Waals surface area (Å²) in [5.74, 6) is 0.922. The predicted molar refractivity (Wildman–Crippen MR) is 73.1 cm³/mol. The van der Waals surface area contributed by atoms with Crippen LogP contribution < -0.4 is 4.74 Å². The van der Waals surface area contributed by atoms with Crippen molar-refractivity contribution in [2.24, 2.45) is 0 Å². The van der Waals surface area contributed by atoms with Crippen LogP contribution in [0.5, 0.6) is 5.75 Å². The maximum atomic E-state index is 11.1. The third-order valence-electron chi connectivity index (χ3n) is 3.07. The topological polar surface area (TPSA) is 29.5 Å². The summed E-state index contributed by atoms with van der Waals surface area (Å²) in [6.45, 7) is 6.66. The average Bonchev–Trinajstić information content (AvgIpc) is 2.26. The SMILES string of the molecule is COc1c(C)cc(CN(C)C(=O)S)c(C)c1C. The van der Waals surface area contributed by atoms with E-state index in [1.807, 2.05) is 20.8 Å². The highest BCUT2D eigenvalue weighted by atomic mass is 32.1. The molecular formula is C13H19NO2S. The van der Waals surface area contributed by atoms with Gasteiger partial charge in [0.25, 0.3) is 5.24 Å². The number of aryl methyl sites for hydroxylation is 1. The normalized spacial score (nSPS) is 10.2. The molecule has 0 aliphatic heterocycles. The van der Waals surface area contributed by atoms with Gasteiger partial charge in [-0.15, -0.1) is 0 Å². The van der Waals surface area contributed by atoms with Gasteiger partial charge in [-0.2, -0.15) is 0 Å². The van der Waals surface area contributed by atoms with Crippen molar-refractivity contribution in [1.29, 1.82) is 0 Å². The molecule has 1 rings (SSSR count). The van der Waals surface area contributed by atoms with E-state index in [0.717, 1.165) is 28.0 Å². The van der Waals surface area contributed by atoms with Gasteiger partial charge in [0.05, 0.1) is 7.11 Å². The number of carbonyl (C=O) groups is 1. The van der Waals surface area contributed by atoms with Crippen LogP contribution in [0.3, 0.4) is 0 Å². The molecule has 0 saturated heterocycles. The summed E-state index contributed by atoms with van der Waals surface area (Å²) < 4.78 is 5.37. The Kier molecular flexibility index (Phi) is 4.46. The zero-order valence-corrected chi connectivity index (χ0v) is 11.9. The van der Waals surface area contributed by atoms with E-state index in [4.69, 9.17) is 4.74 Å². The van der Waals surface area contributed by atoms with E-state index < -0.39 is 0 Å². The van der Waals surface area contributed by atoms with E-state index in [1.165, 1.54) is 0 Å². The number of methoxy groups -OCH3 is 1. The Labute approximate surface area is 108 Å². The molecule has 0 N–H and O–H groups in total. The van der Waals surface area contributed by atoms with Crippen LogP contribution in [0, 0.1) is 20.8 Å². The lowest BCUT2D eigenvalue weighted by molar-refractivity contribution is 0.232. The number of hydrogen-bond acceptors (Lipinski definition) is 2. The number of thiol groups is 1. The van der Waals surface area contributed by atoms with Crippen molar-refractivity contribution in [1.82, 2.24) is 4.90 Å². The highest BCUT2D eigenvalue weighted by Gasteiger charge is 2.13. The van der Waals surface area contributed by atoms with Gasteiger partial charge >= 0.3 is 0 Å². The number of rotatable bonds is 3. The second-order valence-corrected chi connectivity index (χ2v) is 4.66. The van der Waals surface area contributed by atoms with Crippen molar-refractivity contribution >= 4 is 17.9 Å². The molecule has 0 unspecified atom stereocenters. The van der Waals surface area contributed by atoms with Gasteiger partial charge in [-0.25, -0.2) is 0 Å². The van der Waals surface area contributed by atoms with Gasteiger partial charge < -0.3 is 9.64 Å². The maximum absolute atomic E-state index is 11.1. The number of ether oxygens (including phenoxy) is 1. The molecule has 0 saturated carbocycles. The van der Waals surface area contributed by atoms with Crippen molar-refractivity contribution in [2.45, 2.75) is 27.3 Å². The summed E-state index contributed by atoms with van der Waals surface area (Å²) >= 11 is 3.81. The fraction of sp³-hybridized carbons (Fsp3) is 0.462. The van der Waals surface area contributed by atoms with Crippen LogP contribution in [0.25, 0.3) is 0 Å². The van der Waals surface area contributed by atoms with Crippen LogP contribution in [0.4, 0.5) is 4.79 Å². The fourth-order valence-electron chi connectivity index (χ4n) is 1.94. The predicted octanol–water partition coefficient (Wildman–Crippen LogP) is 3.10. The molecule has 1 aromatic carbocycles. The first-order valence-corrected chi connectivity index (χ1v) is 5.91. The number of hydrogen-bond donors (Lipinski definition) is 1. The molecule has 0 aliphatic carbocycles. The van der Waals surface area contributed by atoms with Crippen molar-refractivity contribution in [2.75, 3.05) is 14.2 Å². The first-order chi connectivity index (χ1) is 7.88. The fourth-order valence-corrected chi connectivity index (χ4v) is 2.01. The van der Waals surface area contributed by atoms with Gasteiger partial charge in [-0.3, -0.25) is 4.79 Å². The molecule has 17 heavy (non-hydrogen) atoms. The molecule has 0 bridgehead atoms. The molecule has 1 aromatic rings. The van der Waals surface area contributed by atoms with Gasteiger partial charge in [0.15, 0.2) is 0 Å². The molecule has 0 aliphatic rings. The van der Waals surface area contributed by atoms with Crippen LogP contribution in [0.15, 0.2) is 6.07 Å². The Morgan fingerprint density at radius 1 is 1.35 bits per heavy atom. The first-order valence-electron chi connectivity index (χ1n) is 5.46. The smallest absolute Gasteiger partial charge is 0.278 e. The second kappa shape index (κ2) is 5.45. The van der Waals surface area contributed by atoms with E-state index in [9.17, 15) is 4.79 Å². The van der Waals surface area contributed by atoms with Gasteiger partial charge in [-0.05, 0) is 43.0 Å². The Bertz CT molecular complexity index is 444. The third-order valence-corrected chi connectivity index (χ3v) is 3.41. The van der Waals surface area contributed by atoms with E-state index >= 15 is 0 Å². The van der Waals surface area contributed by atoms with Gasteiger partial charge in [0, 0.05) is 13.6 Å². The van der Waals surface area contributed by atoms with Crippen molar-refractivity contribution in [3.05, 3.63) is 28.3 Å². The molecule has 0 heterocycles. The van der Waals surface area contributed by atoms with Crippen LogP contribution in [-0.2, 0) is 6.54 Å². The van der Waals surface area contributed by atoms with E-state index in [2.05, 4.69) is 18.7 Å². The molecule has 0 fully saturated rings. The summed E-state index contributed by atoms with van der Waals surface area (Å²) in [7, 11) is 3.42. The summed E-state index contributed by atoms with van der Waals surface area (Å²) in [5, 5.41) is -0.226. The highest BCUT2D eigenvalue weighted by Crippen LogP contribution is 2.29. The van der Waals surface area contributed by atoms with E-state index in [-0.39, 0.29) is 5.24 Å². The quantitative estimate of drug-likeness (QED) is 0.839. The molecule has 4 heteroatoms. The van der Waals surface area contributed by atoms with E-state index in [0.29, 0.717) is 6.54 Å². The number of carbonyl (C=O) groups excluding carboxylic acids is 1. The van der Waals surface area contributed by atoms with Crippen molar-refractivity contribution < 1.29 is 9.53 Å². The lowest BCUT2D eigenvalue weighted by Gasteiger charge is -2.19. The van der Waals surface area contributed by atoms with Gasteiger partial charge in [0.2, 0.25) is 0 Å². The van der Waals surface area contributed by atoms with Crippen LogP contribution >= 0.6 is 12.6 Å². The molecule has 3 nitrogen and oxygen atoms in total. The van der Waals surface area contributed by atoms with Crippen molar-refractivity contribution in [3.8, 4) is 5.75 Å². The largest absolute Gasteiger partial charge is 0.496 e. The number of nitrogens with zero attached hydrogens (tertiary/aromatic N) is 1. The summed E-state index contributed by atoms with van der Waals surface area (Å²) in [6, 6.07) is 2.06. The van der Waals surface area contributed by atoms with Crippen LogP contribution in [-0.4, -0.2) is 24.3 Å². The minimum Gasteiger partial charge on any atom is -0.496 e. The number of amides is 1. The molecule has 0 aromatic heterocycles. The minimum absolute atomic E-state index is 0.226. The molecule has 0 spiro atoms. The zero-order chi connectivity index (χ0) is 13.2. The maximum Gasteiger partial charge on any atom is 0.278 e. The summed E-state index contributed by atoms with van der Waals surface area (Å²) in [4.78, 5) is 12.7. The van der Waals surface area contributed by atoms with Crippen molar-refractivity contribution in [3.63, 3.8) is 0 Å². The number of benzene rings is 1. The lowest BCUT2D eigenvalue weighted by Crippen LogP contribution is -2.21. The molecule has 94 valence electrons. The second-order valence-electron chi connectivity index (χ2n) is 4.27. The van der Waals surface area contributed by atoms with Gasteiger partial charge in [-0.1, -0.05) is 18.7 Å². The molecule has 1 amide bonds. The lowest BCUT2D eigenvalue weighted by atomic mass is 9.98. The van der Waals surface area contributed by atoms with E-state index in [1.54, 1.807) is 19.1 Å². The summed E-state index contributed by atoms with van der Waals surface area (Å²) in [6.07, 6.45) is 0. The standard InChI is InChI=1S/C13H19NO2S/c1-8-6-11(7-14(4)13(15)17)9(2)10(3)12(8)16-5/h6H,7H2,1-5H3,(H,15,17). The monoisotopic (exact) mass is 253 g/mol. The molecular weight excluding hydrogens is 234 g/mol. The Balaban J connectivity index is 3.15. The summed E-state index contributed by atoms with van der Waals surface area (Å²) in [5.41, 5.74) is 4.51. The Morgan fingerprint density at radius 3 is 2.41 bits per heavy atom. The highest BCUT2D eigenvalue weighted by molar-refractivity contribution is 7.96. The average molecular weight is 253 g/mol. The Hall–Kier alpha value is -1.16. The van der Waals surface area contributed by atoms with Crippen LogP contribution in [0.1, 0.15) is 22.3 Å². The first kappa shape index (κ1) is 13.9. The minimum atomic E-state index is -0.226. The van der Waals surface area contributed by atoms with Crippen LogP contribution in [0.2, 0.25) is 0 Å².